The molecular weight excluding hydrogens is 384 g/mol. The van der Waals surface area contributed by atoms with Crippen LogP contribution in [-0.2, 0) is 6.54 Å². The average molecular weight is 410 g/mol. The fourth-order valence-corrected chi connectivity index (χ4v) is 3.26. The van der Waals surface area contributed by atoms with E-state index in [-0.39, 0.29) is 0 Å². The zero-order valence-corrected chi connectivity index (χ0v) is 17.6. The minimum atomic E-state index is 0.487. The van der Waals surface area contributed by atoms with Gasteiger partial charge in [0.25, 0.3) is 0 Å². The maximum Gasteiger partial charge on any atom is 0.201 e. The zero-order valence-electron chi connectivity index (χ0n) is 17.6. The average Bonchev–Trinajstić information content (AvgIpc) is 3.39. The number of fused-ring (bicyclic) bond motifs is 1. The highest BCUT2D eigenvalue weighted by Gasteiger charge is 2.20. The van der Waals surface area contributed by atoms with Crippen LogP contribution in [0.5, 0.6) is 11.5 Å². The Morgan fingerprint density at radius 2 is 1.80 bits per heavy atom. The monoisotopic (exact) mass is 410 g/mol. The van der Waals surface area contributed by atoms with Crippen LogP contribution in [0.2, 0.25) is 0 Å². The van der Waals surface area contributed by atoms with Crippen molar-refractivity contribution < 1.29 is 9.47 Å². The maximum absolute atomic E-state index is 5.95. The molecule has 0 amide bonds. The minimum Gasteiger partial charge on any atom is -0.490 e. The van der Waals surface area contributed by atoms with Gasteiger partial charge in [-0.25, -0.2) is 14.6 Å². The SMILES string of the molecule is CCCOc1cc2ncnc(-c3nnnn3CC3=NCCN3C)c2cc1OCCC. The lowest BCUT2D eigenvalue weighted by Gasteiger charge is -2.15. The van der Waals surface area contributed by atoms with Crippen molar-refractivity contribution in [2.75, 3.05) is 33.4 Å². The van der Waals surface area contributed by atoms with Crippen molar-refractivity contribution in [2.45, 2.75) is 33.2 Å². The summed E-state index contributed by atoms with van der Waals surface area (Å²) in [6.45, 7) is 7.53. The summed E-state index contributed by atoms with van der Waals surface area (Å²) in [5.41, 5.74) is 1.40. The van der Waals surface area contributed by atoms with Crippen LogP contribution in [0.25, 0.3) is 22.4 Å². The van der Waals surface area contributed by atoms with Crippen molar-refractivity contribution in [3.8, 4) is 23.0 Å². The third-order valence-corrected chi connectivity index (χ3v) is 4.83. The van der Waals surface area contributed by atoms with Gasteiger partial charge < -0.3 is 14.4 Å². The second-order valence-electron chi connectivity index (χ2n) is 7.11. The van der Waals surface area contributed by atoms with E-state index in [1.807, 2.05) is 19.2 Å². The van der Waals surface area contributed by atoms with Gasteiger partial charge in [0.05, 0.1) is 25.3 Å². The van der Waals surface area contributed by atoms with Gasteiger partial charge in [-0.1, -0.05) is 13.8 Å². The van der Waals surface area contributed by atoms with E-state index in [0.717, 1.165) is 42.7 Å². The fourth-order valence-electron chi connectivity index (χ4n) is 3.26. The quantitative estimate of drug-likeness (QED) is 0.529. The van der Waals surface area contributed by atoms with Crippen molar-refractivity contribution in [1.29, 1.82) is 0 Å². The van der Waals surface area contributed by atoms with Crippen LogP contribution in [0.4, 0.5) is 0 Å². The third kappa shape index (κ3) is 4.03. The molecule has 2 aromatic heterocycles. The molecule has 0 fully saturated rings. The lowest BCUT2D eigenvalue weighted by atomic mass is 10.1. The van der Waals surface area contributed by atoms with Crippen LogP contribution in [0, 0.1) is 0 Å². The Hall–Kier alpha value is -3.30. The fraction of sp³-hybridized carbons (Fsp3) is 0.500. The lowest BCUT2D eigenvalue weighted by Crippen LogP contribution is -2.27. The van der Waals surface area contributed by atoms with Crippen molar-refractivity contribution in [1.82, 2.24) is 35.1 Å². The van der Waals surface area contributed by atoms with E-state index in [4.69, 9.17) is 9.47 Å². The van der Waals surface area contributed by atoms with Crippen LogP contribution < -0.4 is 9.47 Å². The first kappa shape index (κ1) is 20.0. The Morgan fingerprint density at radius 3 is 2.50 bits per heavy atom. The van der Waals surface area contributed by atoms with Gasteiger partial charge in [-0.05, 0) is 29.3 Å². The Balaban J connectivity index is 1.76. The summed E-state index contributed by atoms with van der Waals surface area (Å²) in [5, 5.41) is 13.1. The number of aliphatic imine (C=N–C) groups is 1. The van der Waals surface area contributed by atoms with E-state index >= 15 is 0 Å². The topological polar surface area (TPSA) is 103 Å². The number of nitrogens with zero attached hydrogens (tertiary/aromatic N) is 8. The largest absolute Gasteiger partial charge is 0.490 e. The third-order valence-electron chi connectivity index (χ3n) is 4.83. The molecule has 10 heteroatoms. The molecule has 10 nitrogen and oxygen atoms in total. The Labute approximate surface area is 174 Å². The van der Waals surface area contributed by atoms with Gasteiger partial charge in [-0.15, -0.1) is 5.10 Å². The molecule has 0 saturated heterocycles. The molecule has 0 spiro atoms. The summed E-state index contributed by atoms with van der Waals surface area (Å²) in [6, 6.07) is 3.81. The van der Waals surface area contributed by atoms with Crippen LogP contribution >= 0.6 is 0 Å². The Kier molecular flexibility index (Phi) is 6.01. The summed E-state index contributed by atoms with van der Waals surface area (Å²) in [6.07, 6.45) is 3.33. The van der Waals surface area contributed by atoms with Crippen molar-refractivity contribution >= 4 is 16.7 Å². The number of rotatable bonds is 9. The predicted molar refractivity (Wildman–Crippen MR) is 113 cm³/mol. The van der Waals surface area contributed by atoms with Crippen LogP contribution in [0.15, 0.2) is 23.5 Å². The normalized spacial score (nSPS) is 13.7. The van der Waals surface area contributed by atoms with E-state index in [0.29, 0.717) is 42.8 Å². The highest BCUT2D eigenvalue weighted by molar-refractivity contribution is 5.93. The number of hydrogen-bond acceptors (Lipinski definition) is 9. The van der Waals surface area contributed by atoms with Crippen molar-refractivity contribution in [3.05, 3.63) is 18.5 Å². The summed E-state index contributed by atoms with van der Waals surface area (Å²) >= 11 is 0. The van der Waals surface area contributed by atoms with E-state index in [2.05, 4.69) is 49.2 Å². The number of tetrazole rings is 1. The smallest absolute Gasteiger partial charge is 0.201 e. The van der Waals surface area contributed by atoms with Crippen LogP contribution in [0.3, 0.4) is 0 Å². The van der Waals surface area contributed by atoms with Gasteiger partial charge in [0.1, 0.15) is 24.4 Å². The molecule has 0 N–H and O–H groups in total. The van der Waals surface area contributed by atoms with Gasteiger partial charge >= 0.3 is 0 Å². The molecule has 0 unspecified atom stereocenters. The molecule has 1 aromatic carbocycles. The molecule has 1 aliphatic rings. The number of hydrogen-bond donors (Lipinski definition) is 0. The van der Waals surface area contributed by atoms with Crippen molar-refractivity contribution in [2.24, 2.45) is 4.99 Å². The number of likely N-dealkylation sites (N-methyl/N-ethyl adjacent to an activating group) is 1. The lowest BCUT2D eigenvalue weighted by molar-refractivity contribution is 0.269. The van der Waals surface area contributed by atoms with Gasteiger partial charge in [0.15, 0.2) is 11.5 Å². The van der Waals surface area contributed by atoms with Crippen LogP contribution in [-0.4, -0.2) is 74.3 Å². The summed E-state index contributed by atoms with van der Waals surface area (Å²) in [5.74, 6) is 2.87. The highest BCUT2D eigenvalue weighted by atomic mass is 16.5. The molecule has 0 radical (unpaired) electrons. The van der Waals surface area contributed by atoms with E-state index in [9.17, 15) is 0 Å². The molecule has 0 aliphatic carbocycles. The van der Waals surface area contributed by atoms with Gasteiger partial charge in [-0.2, -0.15) is 0 Å². The maximum atomic E-state index is 5.95. The number of ether oxygens (including phenoxy) is 2. The predicted octanol–water partition coefficient (Wildman–Crippen LogP) is 2.20. The number of aromatic nitrogens is 6. The molecule has 3 aromatic rings. The first-order valence-electron chi connectivity index (χ1n) is 10.3. The first-order chi connectivity index (χ1) is 14.7. The molecule has 158 valence electrons. The molecule has 1 aliphatic heterocycles. The van der Waals surface area contributed by atoms with E-state index in [1.54, 1.807) is 4.68 Å². The molecule has 0 atom stereocenters. The van der Waals surface area contributed by atoms with E-state index in [1.165, 1.54) is 6.33 Å². The second-order valence-corrected chi connectivity index (χ2v) is 7.11. The van der Waals surface area contributed by atoms with E-state index < -0.39 is 0 Å². The molecular formula is C20H26N8O2. The molecule has 0 bridgehead atoms. The summed E-state index contributed by atoms with van der Waals surface area (Å²) < 4.78 is 13.6. The molecule has 0 saturated carbocycles. The molecule has 4 rings (SSSR count). The van der Waals surface area contributed by atoms with Gasteiger partial charge in [-0.3, -0.25) is 4.99 Å². The summed E-state index contributed by atoms with van der Waals surface area (Å²) in [4.78, 5) is 15.6. The summed E-state index contributed by atoms with van der Waals surface area (Å²) in [7, 11) is 2.02. The zero-order chi connectivity index (χ0) is 20.9. The van der Waals surface area contributed by atoms with Crippen LogP contribution in [0.1, 0.15) is 26.7 Å². The molecule has 30 heavy (non-hydrogen) atoms. The Morgan fingerprint density at radius 1 is 1.03 bits per heavy atom. The second kappa shape index (κ2) is 9.02. The van der Waals surface area contributed by atoms with Gasteiger partial charge in [0.2, 0.25) is 5.82 Å². The van der Waals surface area contributed by atoms with Gasteiger partial charge in [0, 0.05) is 25.0 Å². The number of benzene rings is 1. The minimum absolute atomic E-state index is 0.487. The Bertz CT molecular complexity index is 1050. The standard InChI is InChI=1S/C20H26N8O2/c1-4-8-29-16-10-14-15(11-17(16)30-9-5-2)22-13-23-19(14)20-24-25-26-28(20)12-18-21-6-7-27(18)3/h10-11,13H,4-9,12H2,1-3H3. The first-order valence-corrected chi connectivity index (χ1v) is 10.3. The molecule has 3 heterocycles. The highest BCUT2D eigenvalue weighted by Crippen LogP contribution is 2.35. The number of amidine groups is 1. The van der Waals surface area contributed by atoms with Crippen molar-refractivity contribution in [3.63, 3.8) is 0 Å².